The lowest BCUT2D eigenvalue weighted by molar-refractivity contribution is -0.000304. The van der Waals surface area contributed by atoms with Gasteiger partial charge in [-0.25, -0.2) is 9.97 Å². The molecule has 132 valence electrons. The van der Waals surface area contributed by atoms with Crippen molar-refractivity contribution in [2.75, 3.05) is 31.6 Å². The van der Waals surface area contributed by atoms with E-state index in [9.17, 15) is 9.90 Å². The summed E-state index contributed by atoms with van der Waals surface area (Å²) in [5.74, 6) is 0.483. The molecule has 3 rings (SSSR count). The van der Waals surface area contributed by atoms with Gasteiger partial charge in [0.05, 0.1) is 30.2 Å². The van der Waals surface area contributed by atoms with Crippen molar-refractivity contribution in [1.82, 2.24) is 24.8 Å². The smallest absolute Gasteiger partial charge is 0.273 e. The lowest BCUT2D eigenvalue weighted by Gasteiger charge is -2.41. The zero-order chi connectivity index (χ0) is 17.9. The number of carbonyl (C=O) groups is 1. The van der Waals surface area contributed by atoms with Crippen LogP contribution in [0, 0.1) is 6.92 Å². The van der Waals surface area contributed by atoms with Crippen LogP contribution in [0.2, 0.25) is 0 Å². The van der Waals surface area contributed by atoms with Gasteiger partial charge in [0.2, 0.25) is 0 Å². The number of hydrogen-bond acceptors (Lipinski definition) is 7. The van der Waals surface area contributed by atoms with E-state index in [0.29, 0.717) is 13.0 Å². The van der Waals surface area contributed by atoms with Gasteiger partial charge < -0.3 is 14.9 Å². The monoisotopic (exact) mass is 342 g/mol. The molecule has 8 nitrogen and oxygen atoms in total. The van der Waals surface area contributed by atoms with Crippen LogP contribution in [0.1, 0.15) is 29.0 Å². The van der Waals surface area contributed by atoms with Gasteiger partial charge in [-0.15, -0.1) is 0 Å². The molecule has 0 aliphatic carbocycles. The molecule has 3 heterocycles. The second-order valence-corrected chi connectivity index (χ2v) is 6.52. The van der Waals surface area contributed by atoms with Gasteiger partial charge in [0.25, 0.3) is 5.91 Å². The molecule has 0 aromatic carbocycles. The quantitative estimate of drug-likeness (QED) is 0.873. The second kappa shape index (κ2) is 7.10. The van der Waals surface area contributed by atoms with Crippen molar-refractivity contribution < 1.29 is 9.90 Å². The number of rotatable bonds is 4. The molecule has 0 spiro atoms. The lowest BCUT2D eigenvalue weighted by atomic mass is 9.92. The van der Waals surface area contributed by atoms with Gasteiger partial charge in [-0.05, 0) is 19.8 Å². The number of aliphatic hydroxyl groups is 1. The van der Waals surface area contributed by atoms with Gasteiger partial charge >= 0.3 is 0 Å². The fourth-order valence-corrected chi connectivity index (χ4v) is 3.10. The van der Waals surface area contributed by atoms with Crippen molar-refractivity contribution in [2.45, 2.75) is 25.4 Å². The van der Waals surface area contributed by atoms with Gasteiger partial charge in [-0.1, -0.05) is 0 Å². The summed E-state index contributed by atoms with van der Waals surface area (Å²) in [4.78, 5) is 32.6. The fraction of sp³-hybridized carbons (Fsp3) is 0.471. The maximum absolute atomic E-state index is 12.5. The zero-order valence-corrected chi connectivity index (χ0v) is 14.5. The van der Waals surface area contributed by atoms with E-state index in [2.05, 4.69) is 19.9 Å². The van der Waals surface area contributed by atoms with E-state index < -0.39 is 5.60 Å². The molecule has 25 heavy (non-hydrogen) atoms. The highest BCUT2D eigenvalue weighted by Crippen LogP contribution is 2.25. The molecule has 1 saturated heterocycles. The average molecular weight is 342 g/mol. The number of aryl methyl sites for hydroxylation is 1. The van der Waals surface area contributed by atoms with Crippen molar-refractivity contribution in [2.24, 2.45) is 0 Å². The van der Waals surface area contributed by atoms with E-state index in [1.54, 1.807) is 31.8 Å². The van der Waals surface area contributed by atoms with Crippen LogP contribution in [0.3, 0.4) is 0 Å². The van der Waals surface area contributed by atoms with E-state index >= 15 is 0 Å². The molecule has 2 aromatic heterocycles. The van der Waals surface area contributed by atoms with Crippen molar-refractivity contribution in [3.8, 4) is 0 Å². The summed E-state index contributed by atoms with van der Waals surface area (Å²) >= 11 is 0. The minimum atomic E-state index is -1.00. The SMILES string of the molecule is Cc1cnc(C(=O)N(C)C[C@]2(O)CCCN(c3cnccn3)C2)cn1. The Labute approximate surface area is 146 Å². The lowest BCUT2D eigenvalue weighted by Crippen LogP contribution is -2.55. The molecule has 1 N–H and O–H groups in total. The highest BCUT2D eigenvalue weighted by Gasteiger charge is 2.36. The highest BCUT2D eigenvalue weighted by molar-refractivity contribution is 5.91. The van der Waals surface area contributed by atoms with Gasteiger partial charge in [-0.3, -0.25) is 14.8 Å². The Kier molecular flexibility index (Phi) is 4.89. The van der Waals surface area contributed by atoms with E-state index in [-0.39, 0.29) is 18.1 Å². The predicted molar refractivity (Wildman–Crippen MR) is 92.2 cm³/mol. The van der Waals surface area contributed by atoms with Crippen LogP contribution in [0.5, 0.6) is 0 Å². The highest BCUT2D eigenvalue weighted by atomic mass is 16.3. The Morgan fingerprint density at radius 1 is 1.28 bits per heavy atom. The first-order valence-electron chi connectivity index (χ1n) is 8.24. The summed E-state index contributed by atoms with van der Waals surface area (Å²) < 4.78 is 0. The van der Waals surface area contributed by atoms with E-state index in [1.807, 2.05) is 11.8 Å². The third-order valence-electron chi connectivity index (χ3n) is 4.31. The van der Waals surface area contributed by atoms with Crippen molar-refractivity contribution in [1.29, 1.82) is 0 Å². The average Bonchev–Trinajstić information content (AvgIpc) is 2.62. The number of β-amino-alcohol motifs (C(OH)–C–C–N with tert-alkyl or cyclic N) is 1. The predicted octanol–water partition coefficient (Wildman–Crippen LogP) is 0.679. The van der Waals surface area contributed by atoms with E-state index in [0.717, 1.165) is 24.5 Å². The number of aromatic nitrogens is 4. The van der Waals surface area contributed by atoms with Crippen LogP contribution < -0.4 is 4.90 Å². The molecule has 2 aromatic rings. The minimum absolute atomic E-state index is 0.220. The largest absolute Gasteiger partial charge is 0.386 e. The first-order valence-corrected chi connectivity index (χ1v) is 8.24. The molecule has 1 amide bonds. The summed E-state index contributed by atoms with van der Waals surface area (Å²) in [5, 5.41) is 11.0. The van der Waals surface area contributed by atoms with Crippen molar-refractivity contribution >= 4 is 11.7 Å². The molecule has 8 heteroatoms. The fourth-order valence-electron chi connectivity index (χ4n) is 3.10. The maximum Gasteiger partial charge on any atom is 0.273 e. The molecule has 1 aliphatic rings. The topological polar surface area (TPSA) is 95.3 Å². The van der Waals surface area contributed by atoms with Crippen LogP contribution in [0.4, 0.5) is 5.82 Å². The molecule has 0 radical (unpaired) electrons. The number of amides is 1. The molecular formula is C17H22N6O2. The molecule has 0 bridgehead atoms. The van der Waals surface area contributed by atoms with E-state index in [1.165, 1.54) is 11.1 Å². The van der Waals surface area contributed by atoms with Crippen LogP contribution in [0.25, 0.3) is 0 Å². The normalized spacial score (nSPS) is 20.4. The Balaban J connectivity index is 1.68. The van der Waals surface area contributed by atoms with Gasteiger partial charge in [0, 0.05) is 38.7 Å². The number of carbonyl (C=O) groups excluding carboxylic acids is 1. The maximum atomic E-state index is 12.5. The van der Waals surface area contributed by atoms with Crippen LogP contribution >= 0.6 is 0 Å². The molecule has 0 unspecified atom stereocenters. The molecule has 1 fully saturated rings. The summed E-state index contributed by atoms with van der Waals surface area (Å²) in [6.45, 7) is 3.25. The third-order valence-corrected chi connectivity index (χ3v) is 4.31. The molecule has 0 saturated carbocycles. The summed E-state index contributed by atoms with van der Waals surface area (Å²) in [7, 11) is 1.67. The minimum Gasteiger partial charge on any atom is -0.386 e. The summed E-state index contributed by atoms with van der Waals surface area (Å²) in [6, 6.07) is 0. The van der Waals surface area contributed by atoms with Crippen molar-refractivity contribution in [3.63, 3.8) is 0 Å². The Morgan fingerprint density at radius 2 is 2.12 bits per heavy atom. The third kappa shape index (κ3) is 4.08. The van der Waals surface area contributed by atoms with Gasteiger partial charge in [-0.2, -0.15) is 0 Å². The molecule has 1 atom stereocenters. The number of likely N-dealkylation sites (N-methyl/N-ethyl adjacent to an activating group) is 1. The van der Waals surface area contributed by atoms with Crippen LogP contribution in [0.15, 0.2) is 31.0 Å². The van der Waals surface area contributed by atoms with E-state index in [4.69, 9.17) is 0 Å². The molecular weight excluding hydrogens is 320 g/mol. The van der Waals surface area contributed by atoms with Gasteiger partial charge in [0.15, 0.2) is 0 Å². The Bertz CT molecular complexity index is 724. The number of anilines is 1. The number of piperidine rings is 1. The Morgan fingerprint density at radius 3 is 2.80 bits per heavy atom. The van der Waals surface area contributed by atoms with Gasteiger partial charge in [0.1, 0.15) is 11.5 Å². The summed E-state index contributed by atoms with van der Waals surface area (Å²) in [5.41, 5.74) is 0.0289. The van der Waals surface area contributed by atoms with Crippen LogP contribution in [-0.4, -0.2) is 68.1 Å². The standard InChI is InChI=1S/C17H22N6O2/c1-13-8-21-14(9-20-13)16(24)22(2)11-17(25)4-3-7-23(12-17)15-10-18-5-6-19-15/h5-6,8-10,25H,3-4,7,11-12H2,1-2H3/t17-/m1/s1. The number of hydrogen-bond donors (Lipinski definition) is 1. The first-order chi connectivity index (χ1) is 12.0. The van der Waals surface area contributed by atoms with Crippen molar-refractivity contribution in [3.05, 3.63) is 42.4 Å². The second-order valence-electron chi connectivity index (χ2n) is 6.52. The number of nitrogens with zero attached hydrogens (tertiary/aromatic N) is 6. The first kappa shape index (κ1) is 17.2. The summed E-state index contributed by atoms with van der Waals surface area (Å²) in [6.07, 6.45) is 9.41. The Hall–Kier alpha value is -2.61. The van der Waals surface area contributed by atoms with Crippen LogP contribution in [-0.2, 0) is 0 Å². The molecule has 1 aliphatic heterocycles. The zero-order valence-electron chi connectivity index (χ0n) is 14.5.